The quantitative estimate of drug-likeness (QED) is 0.630. The highest BCUT2D eigenvalue weighted by Gasteiger charge is 2.45. The van der Waals surface area contributed by atoms with E-state index in [4.69, 9.17) is 18.3 Å². The van der Waals surface area contributed by atoms with Crippen LogP contribution in [0.3, 0.4) is 0 Å². The zero-order valence-corrected chi connectivity index (χ0v) is 14.0. The minimum Gasteiger partial charge on any atom is -0.461 e. The molecule has 3 fully saturated rings. The van der Waals surface area contributed by atoms with Crippen LogP contribution in [0.5, 0.6) is 0 Å². The maximum absolute atomic E-state index is 12.2. The van der Waals surface area contributed by atoms with E-state index < -0.39 is 8.60 Å². The number of carbonyl (C=O) groups is 1. The molecule has 0 aromatic heterocycles. The van der Waals surface area contributed by atoms with E-state index in [0.717, 1.165) is 0 Å². The van der Waals surface area contributed by atoms with Crippen molar-refractivity contribution in [3.8, 4) is 0 Å². The number of hydrogen-bond donors (Lipinski definition) is 0. The molecular weight excluding hydrogens is 303 g/mol. The van der Waals surface area contributed by atoms with Gasteiger partial charge in [-0.2, -0.15) is 0 Å². The van der Waals surface area contributed by atoms with E-state index in [9.17, 15) is 4.79 Å². The first-order valence-corrected chi connectivity index (χ1v) is 8.44. The first-order chi connectivity index (χ1) is 10.4. The molecule has 3 aliphatic rings. The standard InChI is InChI=1S/C16H21O5P/c1-15(2,3)13-6-4-12(5-7-13)14(17)18-8-16-9-19-22(20-10-16)21-11-16/h4-7H,8-11H2,1-3H3. The molecule has 0 saturated carbocycles. The Labute approximate surface area is 131 Å². The van der Waals surface area contributed by atoms with Crippen LogP contribution in [0.1, 0.15) is 36.7 Å². The van der Waals surface area contributed by atoms with E-state index in [1.54, 1.807) is 0 Å². The highest BCUT2D eigenvalue weighted by molar-refractivity contribution is 7.41. The van der Waals surface area contributed by atoms with Crippen molar-refractivity contribution in [1.29, 1.82) is 0 Å². The molecule has 0 aliphatic carbocycles. The van der Waals surface area contributed by atoms with Gasteiger partial charge in [-0.15, -0.1) is 0 Å². The second kappa shape index (κ2) is 5.89. The SMILES string of the molecule is CC(C)(C)c1ccc(C(=O)OCC23COP(OC2)OC3)cc1. The van der Waals surface area contributed by atoms with E-state index in [-0.39, 0.29) is 23.4 Å². The van der Waals surface area contributed by atoms with E-state index >= 15 is 0 Å². The number of carbonyl (C=O) groups excluding carboxylic acids is 1. The van der Waals surface area contributed by atoms with Gasteiger partial charge in [0.25, 0.3) is 0 Å². The minimum absolute atomic E-state index is 0.0654. The Balaban J connectivity index is 1.60. The maximum Gasteiger partial charge on any atom is 0.338 e. The summed E-state index contributed by atoms with van der Waals surface area (Å²) in [4.78, 5) is 12.2. The molecule has 1 aromatic rings. The summed E-state index contributed by atoms with van der Waals surface area (Å²) in [5, 5.41) is 0. The molecule has 0 spiro atoms. The van der Waals surface area contributed by atoms with Crippen LogP contribution < -0.4 is 0 Å². The lowest BCUT2D eigenvalue weighted by molar-refractivity contribution is -0.0999. The Kier molecular flexibility index (Phi) is 4.25. The Morgan fingerprint density at radius 2 is 1.68 bits per heavy atom. The summed E-state index contributed by atoms with van der Waals surface area (Å²) in [5.41, 5.74) is 1.44. The fourth-order valence-electron chi connectivity index (χ4n) is 2.34. The number of benzene rings is 1. The van der Waals surface area contributed by atoms with E-state index in [1.807, 2.05) is 24.3 Å². The van der Waals surface area contributed by atoms with Crippen molar-refractivity contribution < 1.29 is 23.1 Å². The molecule has 0 unspecified atom stereocenters. The van der Waals surface area contributed by atoms with Gasteiger partial charge in [0.15, 0.2) is 0 Å². The summed E-state index contributed by atoms with van der Waals surface area (Å²) >= 11 is 0. The lowest BCUT2D eigenvalue weighted by Gasteiger charge is -2.43. The second-order valence-electron chi connectivity index (χ2n) is 6.95. The van der Waals surface area contributed by atoms with Crippen molar-refractivity contribution in [2.45, 2.75) is 26.2 Å². The number of rotatable bonds is 3. The predicted molar refractivity (Wildman–Crippen MR) is 82.6 cm³/mol. The van der Waals surface area contributed by atoms with E-state index in [1.165, 1.54) is 5.56 Å². The average Bonchev–Trinajstić information content (AvgIpc) is 2.54. The van der Waals surface area contributed by atoms with Crippen molar-refractivity contribution in [3.05, 3.63) is 35.4 Å². The molecule has 2 bridgehead atoms. The molecule has 3 saturated heterocycles. The number of esters is 1. The first kappa shape index (κ1) is 15.9. The summed E-state index contributed by atoms with van der Waals surface area (Å²) < 4.78 is 21.6. The van der Waals surface area contributed by atoms with Gasteiger partial charge in [0.05, 0.1) is 30.8 Å². The van der Waals surface area contributed by atoms with E-state index in [2.05, 4.69) is 20.8 Å². The number of ether oxygens (including phenoxy) is 1. The maximum atomic E-state index is 12.2. The van der Waals surface area contributed by atoms with Crippen LogP contribution >= 0.6 is 8.60 Å². The number of hydrogen-bond acceptors (Lipinski definition) is 5. The van der Waals surface area contributed by atoms with Crippen LogP contribution in [0.25, 0.3) is 0 Å². The lowest BCUT2D eigenvalue weighted by atomic mass is 9.87. The molecule has 0 N–H and O–H groups in total. The molecule has 0 radical (unpaired) electrons. The van der Waals surface area contributed by atoms with Crippen LogP contribution in [0.4, 0.5) is 0 Å². The average molecular weight is 324 g/mol. The van der Waals surface area contributed by atoms with Gasteiger partial charge in [-0.05, 0) is 23.1 Å². The zero-order chi connectivity index (χ0) is 15.8. The van der Waals surface area contributed by atoms with Gasteiger partial charge >= 0.3 is 14.6 Å². The van der Waals surface area contributed by atoms with Gasteiger partial charge in [-0.1, -0.05) is 32.9 Å². The van der Waals surface area contributed by atoms with Crippen LogP contribution in [-0.4, -0.2) is 32.4 Å². The van der Waals surface area contributed by atoms with Crippen LogP contribution in [0, 0.1) is 5.41 Å². The highest BCUT2D eigenvalue weighted by atomic mass is 31.2. The fraction of sp³-hybridized carbons (Fsp3) is 0.562. The molecule has 1 aromatic carbocycles. The largest absolute Gasteiger partial charge is 0.461 e. The topological polar surface area (TPSA) is 54.0 Å². The van der Waals surface area contributed by atoms with Crippen molar-refractivity contribution in [2.24, 2.45) is 5.41 Å². The molecule has 120 valence electrons. The molecule has 6 heteroatoms. The van der Waals surface area contributed by atoms with Crippen LogP contribution in [-0.2, 0) is 23.7 Å². The van der Waals surface area contributed by atoms with E-state index in [0.29, 0.717) is 25.4 Å². The van der Waals surface area contributed by atoms with Gasteiger partial charge in [-0.25, -0.2) is 4.79 Å². The summed E-state index contributed by atoms with van der Waals surface area (Å²) in [6.07, 6.45) is 0. The molecule has 0 amide bonds. The third kappa shape index (κ3) is 3.33. The van der Waals surface area contributed by atoms with Crippen molar-refractivity contribution in [1.82, 2.24) is 0 Å². The Bertz CT molecular complexity index is 527. The highest BCUT2D eigenvalue weighted by Crippen LogP contribution is 2.53. The summed E-state index contributed by atoms with van der Waals surface area (Å²) in [7, 11) is -1.16. The fourth-order valence-corrected chi connectivity index (χ4v) is 3.70. The zero-order valence-electron chi connectivity index (χ0n) is 13.1. The van der Waals surface area contributed by atoms with Crippen LogP contribution in [0.2, 0.25) is 0 Å². The van der Waals surface area contributed by atoms with Gasteiger partial charge in [0, 0.05) is 0 Å². The molecule has 4 rings (SSSR count). The Morgan fingerprint density at radius 3 is 2.18 bits per heavy atom. The third-order valence-electron chi connectivity index (χ3n) is 3.92. The Hall–Kier alpha value is -1.00. The monoisotopic (exact) mass is 324 g/mol. The second-order valence-corrected chi connectivity index (χ2v) is 8.17. The molecule has 5 nitrogen and oxygen atoms in total. The minimum atomic E-state index is -1.16. The lowest BCUT2D eigenvalue weighted by Crippen LogP contribution is -2.47. The van der Waals surface area contributed by atoms with Crippen LogP contribution in [0.15, 0.2) is 24.3 Å². The molecule has 3 aliphatic heterocycles. The third-order valence-corrected chi connectivity index (χ3v) is 4.94. The van der Waals surface area contributed by atoms with Gasteiger partial charge < -0.3 is 18.3 Å². The molecule has 0 atom stereocenters. The van der Waals surface area contributed by atoms with Crippen molar-refractivity contribution in [3.63, 3.8) is 0 Å². The molecular formula is C16H21O5P. The van der Waals surface area contributed by atoms with Gasteiger partial charge in [0.1, 0.15) is 6.61 Å². The summed E-state index contributed by atoms with van der Waals surface area (Å²) in [6.45, 7) is 8.23. The predicted octanol–water partition coefficient (Wildman–Crippen LogP) is 3.43. The Morgan fingerprint density at radius 1 is 1.14 bits per heavy atom. The van der Waals surface area contributed by atoms with Gasteiger partial charge in [0.2, 0.25) is 0 Å². The smallest absolute Gasteiger partial charge is 0.338 e. The summed E-state index contributed by atoms with van der Waals surface area (Å²) in [6, 6.07) is 7.56. The summed E-state index contributed by atoms with van der Waals surface area (Å²) in [5.74, 6) is -0.326. The first-order valence-electron chi connectivity index (χ1n) is 7.35. The number of fused-ring (bicyclic) bond motifs is 3. The van der Waals surface area contributed by atoms with Crippen molar-refractivity contribution >= 4 is 14.6 Å². The van der Waals surface area contributed by atoms with Gasteiger partial charge in [-0.3, -0.25) is 0 Å². The molecule has 3 heterocycles. The van der Waals surface area contributed by atoms with Crippen molar-refractivity contribution in [2.75, 3.05) is 26.4 Å². The normalized spacial score (nSPS) is 27.7. The molecule has 22 heavy (non-hydrogen) atoms.